The number of anilines is 1. The summed E-state index contributed by atoms with van der Waals surface area (Å²) in [5.41, 5.74) is 2.18. The van der Waals surface area contributed by atoms with Crippen molar-refractivity contribution in [3.63, 3.8) is 0 Å². The minimum Gasteiger partial charge on any atom is -0.371 e. The zero-order chi connectivity index (χ0) is 17.3. The molecule has 2 aromatic rings. The fraction of sp³-hybridized carbons (Fsp3) is 0.438. The first-order chi connectivity index (χ1) is 11.4. The number of sulfonamides is 1. The van der Waals surface area contributed by atoms with Crippen molar-refractivity contribution in [3.8, 4) is 0 Å². The molecule has 1 aliphatic heterocycles. The SMILES string of the molecule is Cc1n[nH]c(C)c1S(=O)(=O)NCC1CCN(c2ccc(Cl)cc2)C1. The molecule has 1 aromatic heterocycles. The summed E-state index contributed by atoms with van der Waals surface area (Å²) in [5.74, 6) is 0.281. The molecule has 2 N–H and O–H groups in total. The summed E-state index contributed by atoms with van der Waals surface area (Å²) in [6, 6.07) is 7.73. The molecule has 1 aromatic carbocycles. The molecule has 6 nitrogen and oxygen atoms in total. The molecule has 1 atom stereocenters. The first-order valence-electron chi connectivity index (χ1n) is 7.88. The average molecular weight is 369 g/mol. The molecule has 0 radical (unpaired) electrons. The monoisotopic (exact) mass is 368 g/mol. The quantitative estimate of drug-likeness (QED) is 0.849. The van der Waals surface area contributed by atoms with E-state index >= 15 is 0 Å². The number of hydrogen-bond acceptors (Lipinski definition) is 4. The lowest BCUT2D eigenvalue weighted by Crippen LogP contribution is -2.31. The van der Waals surface area contributed by atoms with Crippen molar-refractivity contribution >= 4 is 27.3 Å². The predicted molar refractivity (Wildman–Crippen MR) is 95.0 cm³/mol. The molecule has 24 heavy (non-hydrogen) atoms. The fourth-order valence-electron chi connectivity index (χ4n) is 3.12. The number of H-pyrrole nitrogens is 1. The van der Waals surface area contributed by atoms with Crippen LogP contribution in [0.4, 0.5) is 5.69 Å². The van der Waals surface area contributed by atoms with E-state index in [1.54, 1.807) is 13.8 Å². The minimum atomic E-state index is -3.53. The molecule has 1 fully saturated rings. The Morgan fingerprint density at radius 1 is 1.33 bits per heavy atom. The Morgan fingerprint density at radius 2 is 2.04 bits per heavy atom. The standard InChI is InChI=1S/C16H21ClN4O2S/c1-11-16(12(2)20-19-11)24(22,23)18-9-13-7-8-21(10-13)15-5-3-14(17)4-6-15/h3-6,13,18H,7-10H2,1-2H3,(H,19,20). The lowest BCUT2D eigenvalue weighted by Gasteiger charge is -2.19. The average Bonchev–Trinajstić information content (AvgIpc) is 3.13. The maximum Gasteiger partial charge on any atom is 0.244 e. The lowest BCUT2D eigenvalue weighted by molar-refractivity contribution is 0.541. The van der Waals surface area contributed by atoms with Gasteiger partial charge in [-0.05, 0) is 50.5 Å². The van der Waals surface area contributed by atoms with Gasteiger partial charge in [-0.3, -0.25) is 5.10 Å². The Bertz CT molecular complexity index is 798. The van der Waals surface area contributed by atoms with Crippen molar-refractivity contribution in [2.75, 3.05) is 24.5 Å². The first-order valence-corrected chi connectivity index (χ1v) is 9.74. The molecule has 8 heteroatoms. The van der Waals surface area contributed by atoms with Crippen LogP contribution >= 0.6 is 11.6 Å². The number of nitrogens with one attached hydrogen (secondary N) is 2. The molecular formula is C16H21ClN4O2S. The van der Waals surface area contributed by atoms with Gasteiger partial charge in [-0.1, -0.05) is 11.6 Å². The van der Waals surface area contributed by atoms with E-state index in [-0.39, 0.29) is 10.8 Å². The smallest absolute Gasteiger partial charge is 0.244 e. The van der Waals surface area contributed by atoms with Gasteiger partial charge in [-0.25, -0.2) is 13.1 Å². The summed E-state index contributed by atoms with van der Waals surface area (Å²) in [6.07, 6.45) is 0.953. The van der Waals surface area contributed by atoms with Gasteiger partial charge < -0.3 is 4.90 Å². The number of aromatic nitrogens is 2. The highest BCUT2D eigenvalue weighted by Crippen LogP contribution is 2.25. The first kappa shape index (κ1) is 17.3. The van der Waals surface area contributed by atoms with Gasteiger partial charge in [0.15, 0.2) is 0 Å². The van der Waals surface area contributed by atoms with Crippen LogP contribution in [0.1, 0.15) is 17.8 Å². The van der Waals surface area contributed by atoms with Gasteiger partial charge in [0.1, 0.15) is 4.90 Å². The van der Waals surface area contributed by atoms with Crippen molar-refractivity contribution in [2.45, 2.75) is 25.2 Å². The fourth-order valence-corrected chi connectivity index (χ4v) is 4.73. The van der Waals surface area contributed by atoms with Crippen LogP contribution in [0.15, 0.2) is 29.2 Å². The number of benzene rings is 1. The second-order valence-corrected chi connectivity index (χ2v) is 8.33. The summed E-state index contributed by atoms with van der Waals surface area (Å²) < 4.78 is 27.7. The zero-order valence-electron chi connectivity index (χ0n) is 13.7. The maximum absolute atomic E-state index is 12.5. The van der Waals surface area contributed by atoms with Crippen LogP contribution < -0.4 is 9.62 Å². The van der Waals surface area contributed by atoms with Crippen LogP contribution in [-0.4, -0.2) is 38.2 Å². The van der Waals surface area contributed by atoms with Gasteiger partial charge in [-0.15, -0.1) is 0 Å². The molecule has 0 saturated carbocycles. The summed E-state index contributed by atoms with van der Waals surface area (Å²) in [5, 5.41) is 7.39. The highest BCUT2D eigenvalue weighted by Gasteiger charge is 2.27. The molecule has 0 spiro atoms. The van der Waals surface area contributed by atoms with E-state index in [4.69, 9.17) is 11.6 Å². The Morgan fingerprint density at radius 3 is 2.67 bits per heavy atom. The van der Waals surface area contributed by atoms with E-state index in [9.17, 15) is 8.42 Å². The lowest BCUT2D eigenvalue weighted by atomic mass is 10.1. The molecule has 0 amide bonds. The van der Waals surface area contributed by atoms with Crippen LogP contribution in [0, 0.1) is 19.8 Å². The topological polar surface area (TPSA) is 78.1 Å². The molecule has 1 unspecified atom stereocenters. The Hall–Kier alpha value is -1.57. The normalized spacial score (nSPS) is 18.3. The van der Waals surface area contributed by atoms with Gasteiger partial charge in [0.05, 0.1) is 11.4 Å². The third-order valence-electron chi connectivity index (χ3n) is 4.37. The van der Waals surface area contributed by atoms with Crippen LogP contribution in [0.3, 0.4) is 0 Å². The number of nitrogens with zero attached hydrogens (tertiary/aromatic N) is 2. The number of hydrogen-bond donors (Lipinski definition) is 2. The number of halogens is 1. The number of rotatable bonds is 5. The van der Waals surface area contributed by atoms with Crippen molar-refractivity contribution in [3.05, 3.63) is 40.7 Å². The summed E-state index contributed by atoms with van der Waals surface area (Å²) >= 11 is 5.92. The number of aryl methyl sites for hydroxylation is 2. The van der Waals surface area contributed by atoms with Gasteiger partial charge in [0.25, 0.3) is 0 Å². The molecule has 130 valence electrons. The number of aromatic amines is 1. The van der Waals surface area contributed by atoms with Crippen molar-refractivity contribution in [1.82, 2.24) is 14.9 Å². The molecule has 1 aliphatic rings. The van der Waals surface area contributed by atoms with Crippen molar-refractivity contribution in [2.24, 2.45) is 5.92 Å². The van der Waals surface area contributed by atoms with E-state index in [2.05, 4.69) is 19.8 Å². The van der Waals surface area contributed by atoms with Gasteiger partial charge in [0, 0.05) is 30.3 Å². The molecule has 0 aliphatic carbocycles. The van der Waals surface area contributed by atoms with Gasteiger partial charge >= 0.3 is 0 Å². The molecule has 1 saturated heterocycles. The summed E-state index contributed by atoms with van der Waals surface area (Å²) in [4.78, 5) is 2.51. The highest BCUT2D eigenvalue weighted by atomic mass is 35.5. The van der Waals surface area contributed by atoms with Crippen LogP contribution in [0.25, 0.3) is 0 Å². The molecule has 3 rings (SSSR count). The largest absolute Gasteiger partial charge is 0.371 e. The molecule has 0 bridgehead atoms. The van der Waals surface area contributed by atoms with Gasteiger partial charge in [-0.2, -0.15) is 5.10 Å². The third-order valence-corrected chi connectivity index (χ3v) is 6.31. The maximum atomic E-state index is 12.5. The second-order valence-electron chi connectivity index (χ2n) is 6.19. The van der Waals surface area contributed by atoms with Crippen molar-refractivity contribution < 1.29 is 8.42 Å². The predicted octanol–water partition coefficient (Wildman–Crippen LogP) is 2.48. The van der Waals surface area contributed by atoms with Crippen molar-refractivity contribution in [1.29, 1.82) is 0 Å². The zero-order valence-corrected chi connectivity index (χ0v) is 15.3. The Kier molecular flexibility index (Phi) is 4.85. The van der Waals surface area contributed by atoms with E-state index in [0.29, 0.717) is 23.0 Å². The van der Waals surface area contributed by atoms with Crippen LogP contribution in [-0.2, 0) is 10.0 Å². The third kappa shape index (κ3) is 3.58. The van der Waals surface area contributed by atoms with Gasteiger partial charge in [0.2, 0.25) is 10.0 Å². The van der Waals surface area contributed by atoms with E-state index in [1.165, 1.54) is 0 Å². The summed E-state index contributed by atoms with van der Waals surface area (Å²) in [6.45, 7) is 5.57. The van der Waals surface area contributed by atoms with Crippen LogP contribution in [0.2, 0.25) is 5.02 Å². The van der Waals surface area contributed by atoms with E-state index in [0.717, 1.165) is 25.2 Å². The minimum absolute atomic E-state index is 0.259. The summed E-state index contributed by atoms with van der Waals surface area (Å²) in [7, 11) is -3.53. The molecule has 2 heterocycles. The second kappa shape index (κ2) is 6.74. The molecular weight excluding hydrogens is 348 g/mol. The Labute approximate surface area is 147 Å². The van der Waals surface area contributed by atoms with E-state index in [1.807, 2.05) is 24.3 Å². The Balaban J connectivity index is 1.61. The van der Waals surface area contributed by atoms with Crippen LogP contribution in [0.5, 0.6) is 0 Å². The highest BCUT2D eigenvalue weighted by molar-refractivity contribution is 7.89. The van der Waals surface area contributed by atoms with E-state index < -0.39 is 10.0 Å².